The Hall–Kier alpha value is -3.19. The topological polar surface area (TPSA) is 105 Å². The number of Topliss-reactive ketones (excluding diaryl/α,β-unsaturated/α-hetero) is 1. The van der Waals surface area contributed by atoms with Gasteiger partial charge in [-0.1, -0.05) is 12.5 Å². The molecule has 26 heavy (non-hydrogen) atoms. The van der Waals surface area contributed by atoms with Crippen molar-refractivity contribution in [2.24, 2.45) is 0 Å². The highest BCUT2D eigenvalue weighted by atomic mass is 16.5. The van der Waals surface area contributed by atoms with Crippen molar-refractivity contribution in [3.8, 4) is 17.9 Å². The Bertz CT molecular complexity index is 890. The first kappa shape index (κ1) is 17.6. The summed E-state index contributed by atoms with van der Waals surface area (Å²) in [5.41, 5.74) is 0.446. The summed E-state index contributed by atoms with van der Waals surface area (Å²) in [6.45, 7) is 2.33. The molecule has 0 bridgehead atoms. The molecule has 3 rings (SSSR count). The molecule has 7 nitrogen and oxygen atoms in total. The average molecular weight is 349 g/mol. The number of nitriles is 2. The largest absolute Gasteiger partial charge is 0.483 e. The van der Waals surface area contributed by atoms with Crippen LogP contribution in [0.3, 0.4) is 0 Å². The van der Waals surface area contributed by atoms with E-state index in [-0.39, 0.29) is 5.78 Å². The lowest BCUT2D eigenvalue weighted by molar-refractivity contribution is -0.125. The molecule has 1 aromatic heterocycles. The fourth-order valence-corrected chi connectivity index (χ4v) is 3.11. The van der Waals surface area contributed by atoms with Crippen LogP contribution in [-0.2, 0) is 17.8 Å². The molecule has 1 aliphatic rings. The zero-order chi connectivity index (χ0) is 18.5. The van der Waals surface area contributed by atoms with Crippen LogP contribution in [0.15, 0.2) is 24.3 Å². The van der Waals surface area contributed by atoms with Crippen LogP contribution in [0.5, 0.6) is 5.75 Å². The third-order valence-electron chi connectivity index (χ3n) is 4.49. The van der Waals surface area contributed by atoms with Gasteiger partial charge in [-0.25, -0.2) is 0 Å². The minimum absolute atomic E-state index is 0.366. The monoisotopic (exact) mass is 349 g/mol. The number of hydrogen-bond acceptors (Lipinski definition) is 6. The van der Waals surface area contributed by atoms with Gasteiger partial charge in [0.15, 0.2) is 23.6 Å². The van der Waals surface area contributed by atoms with Crippen LogP contribution in [0.1, 0.15) is 49.3 Å². The zero-order valence-corrected chi connectivity index (χ0v) is 14.6. The maximum Gasteiger partial charge on any atom is 0.197 e. The number of hydrogen-bond donors (Lipinski definition) is 0. The van der Waals surface area contributed by atoms with Crippen molar-refractivity contribution in [1.82, 2.24) is 14.8 Å². The Morgan fingerprint density at radius 1 is 1.27 bits per heavy atom. The average Bonchev–Trinajstić information content (AvgIpc) is 2.90. The van der Waals surface area contributed by atoms with Crippen molar-refractivity contribution >= 4 is 5.78 Å². The fraction of sp³-hybridized carbons (Fsp3) is 0.421. The normalized spacial score (nSPS) is 15.7. The molecule has 0 N–H and O–H groups in total. The molecule has 0 aliphatic carbocycles. The van der Waals surface area contributed by atoms with Gasteiger partial charge in [0.2, 0.25) is 0 Å². The van der Waals surface area contributed by atoms with E-state index < -0.39 is 12.0 Å². The van der Waals surface area contributed by atoms with Gasteiger partial charge in [-0.15, -0.1) is 10.2 Å². The molecule has 0 fully saturated rings. The molecule has 2 atom stereocenters. The molecule has 1 aromatic carbocycles. The predicted octanol–water partition coefficient (Wildman–Crippen LogP) is 2.52. The molecule has 2 heterocycles. The maximum absolute atomic E-state index is 12.8. The van der Waals surface area contributed by atoms with Crippen LogP contribution in [-0.4, -0.2) is 26.7 Å². The molecule has 2 aromatic rings. The zero-order valence-electron chi connectivity index (χ0n) is 14.6. The van der Waals surface area contributed by atoms with Gasteiger partial charge < -0.3 is 9.30 Å². The van der Waals surface area contributed by atoms with Gasteiger partial charge >= 0.3 is 0 Å². The summed E-state index contributed by atoms with van der Waals surface area (Å²) in [6, 6.07) is 10.7. The molecule has 132 valence electrons. The third-order valence-corrected chi connectivity index (χ3v) is 4.49. The summed E-state index contributed by atoms with van der Waals surface area (Å²) in [4.78, 5) is 12.8. The summed E-state index contributed by atoms with van der Waals surface area (Å²) in [7, 11) is 0. The second-order valence-corrected chi connectivity index (χ2v) is 6.30. The van der Waals surface area contributed by atoms with E-state index in [0.717, 1.165) is 38.1 Å². The minimum Gasteiger partial charge on any atom is -0.483 e. The summed E-state index contributed by atoms with van der Waals surface area (Å²) < 4.78 is 7.56. The number of aromatic nitrogens is 3. The molecule has 0 unspecified atom stereocenters. The lowest BCUT2D eigenvalue weighted by Gasteiger charge is -2.17. The molecule has 0 amide bonds. The number of ketones is 1. The summed E-state index contributed by atoms with van der Waals surface area (Å²) in [5.74, 6) is 0.260. The van der Waals surface area contributed by atoms with E-state index in [2.05, 4.69) is 16.3 Å². The van der Waals surface area contributed by atoms with Gasteiger partial charge in [0.05, 0.1) is 17.7 Å². The Labute approximate surface area is 151 Å². The number of rotatable bonds is 5. The third kappa shape index (κ3) is 3.57. The highest BCUT2D eigenvalue weighted by Crippen LogP contribution is 2.23. The second-order valence-electron chi connectivity index (χ2n) is 6.30. The van der Waals surface area contributed by atoms with Gasteiger partial charge in [0.1, 0.15) is 11.6 Å². The van der Waals surface area contributed by atoms with E-state index >= 15 is 0 Å². The molecule has 1 aliphatic heterocycles. The van der Waals surface area contributed by atoms with Crippen molar-refractivity contribution in [1.29, 1.82) is 10.5 Å². The first-order valence-electron chi connectivity index (χ1n) is 8.66. The van der Waals surface area contributed by atoms with E-state index in [1.54, 1.807) is 31.2 Å². The molecule has 7 heteroatoms. The smallest absolute Gasteiger partial charge is 0.197 e. The van der Waals surface area contributed by atoms with E-state index in [4.69, 9.17) is 10.00 Å². The van der Waals surface area contributed by atoms with Crippen LogP contribution in [0.2, 0.25) is 0 Å². The SMILES string of the molecule is C[C@@H](Oc1cccc(C#N)c1)C(=O)[C@@H](C#N)c1nnc2n1CCCCC2. The number of carbonyl (C=O) groups is 1. The quantitative estimate of drug-likeness (QED) is 0.821. The van der Waals surface area contributed by atoms with Crippen molar-refractivity contribution in [3.05, 3.63) is 41.5 Å². The van der Waals surface area contributed by atoms with E-state index in [0.29, 0.717) is 17.1 Å². The van der Waals surface area contributed by atoms with Gasteiger partial charge in [-0.05, 0) is 38.0 Å². The van der Waals surface area contributed by atoms with Crippen LogP contribution in [0, 0.1) is 22.7 Å². The number of nitrogens with zero attached hydrogens (tertiary/aromatic N) is 5. The maximum atomic E-state index is 12.8. The van der Waals surface area contributed by atoms with Gasteiger partial charge in [-0.2, -0.15) is 10.5 Å². The van der Waals surface area contributed by atoms with E-state index in [1.807, 2.05) is 10.6 Å². The van der Waals surface area contributed by atoms with Gasteiger partial charge in [0.25, 0.3) is 0 Å². The molecule has 0 saturated carbocycles. The number of ether oxygens (including phenoxy) is 1. The van der Waals surface area contributed by atoms with Gasteiger partial charge in [0, 0.05) is 13.0 Å². The van der Waals surface area contributed by atoms with Gasteiger partial charge in [-0.3, -0.25) is 4.79 Å². The van der Waals surface area contributed by atoms with E-state index in [9.17, 15) is 10.1 Å². The van der Waals surface area contributed by atoms with Crippen molar-refractivity contribution in [2.75, 3.05) is 0 Å². The van der Waals surface area contributed by atoms with Crippen molar-refractivity contribution in [3.63, 3.8) is 0 Å². The molecular weight excluding hydrogens is 330 g/mol. The van der Waals surface area contributed by atoms with Crippen LogP contribution < -0.4 is 4.74 Å². The van der Waals surface area contributed by atoms with Crippen LogP contribution >= 0.6 is 0 Å². The predicted molar refractivity (Wildman–Crippen MR) is 92.2 cm³/mol. The summed E-state index contributed by atoms with van der Waals surface area (Å²) in [5, 5.41) is 26.8. The second kappa shape index (κ2) is 7.79. The Balaban J connectivity index is 1.80. The lowest BCUT2D eigenvalue weighted by atomic mass is 10.0. The first-order chi connectivity index (χ1) is 12.6. The van der Waals surface area contributed by atoms with E-state index in [1.165, 1.54) is 0 Å². The highest BCUT2D eigenvalue weighted by Gasteiger charge is 2.32. The summed E-state index contributed by atoms with van der Waals surface area (Å²) >= 11 is 0. The summed E-state index contributed by atoms with van der Waals surface area (Å²) in [6.07, 6.45) is 3.09. The van der Waals surface area contributed by atoms with Crippen LogP contribution in [0.25, 0.3) is 0 Å². The number of fused-ring (bicyclic) bond motifs is 1. The highest BCUT2D eigenvalue weighted by molar-refractivity contribution is 5.91. The molecule has 0 saturated heterocycles. The molecule has 0 radical (unpaired) electrons. The first-order valence-corrected chi connectivity index (χ1v) is 8.66. The van der Waals surface area contributed by atoms with Crippen molar-refractivity contribution < 1.29 is 9.53 Å². The minimum atomic E-state index is -1.02. The van der Waals surface area contributed by atoms with Crippen LogP contribution in [0.4, 0.5) is 0 Å². The Kier molecular flexibility index (Phi) is 5.28. The Morgan fingerprint density at radius 3 is 2.88 bits per heavy atom. The fourth-order valence-electron chi connectivity index (χ4n) is 3.11. The number of aryl methyl sites for hydroxylation is 1. The Morgan fingerprint density at radius 2 is 2.12 bits per heavy atom. The number of carbonyl (C=O) groups excluding carboxylic acids is 1. The molecular formula is C19H19N5O2. The number of benzene rings is 1. The van der Waals surface area contributed by atoms with Crippen molar-refractivity contribution in [2.45, 2.75) is 51.2 Å². The lowest BCUT2D eigenvalue weighted by Crippen LogP contribution is -2.30. The molecule has 0 spiro atoms. The standard InChI is InChI=1S/C19H19N5O2/c1-13(26-15-7-5-6-14(10-15)11-20)18(25)16(12-21)19-23-22-17-8-3-2-4-9-24(17)19/h5-7,10,13,16H,2-4,8-9H2,1H3/t13-,16-/m1/s1.